The lowest BCUT2D eigenvalue weighted by Crippen LogP contribution is -2.14. The summed E-state index contributed by atoms with van der Waals surface area (Å²) in [4.78, 5) is 26.6. The lowest BCUT2D eigenvalue weighted by molar-refractivity contribution is -0.384. The van der Waals surface area contributed by atoms with Crippen LogP contribution in [0, 0.1) is 10.1 Å². The van der Waals surface area contributed by atoms with Gasteiger partial charge in [0.25, 0.3) is 5.69 Å². The first-order valence-electron chi connectivity index (χ1n) is 9.36. The molecule has 32 heavy (non-hydrogen) atoms. The molecule has 3 aromatic carbocycles. The number of anilines is 1. The maximum atomic E-state index is 12.4. The van der Waals surface area contributed by atoms with Crippen LogP contribution >= 0.6 is 23.2 Å². The van der Waals surface area contributed by atoms with Gasteiger partial charge in [-0.1, -0.05) is 35.3 Å². The van der Waals surface area contributed by atoms with Crippen molar-refractivity contribution in [3.63, 3.8) is 0 Å². The first-order chi connectivity index (χ1) is 15.4. The summed E-state index contributed by atoms with van der Waals surface area (Å²) in [6.45, 7) is 2.07. The van der Waals surface area contributed by atoms with Gasteiger partial charge in [-0.05, 0) is 49.4 Å². The van der Waals surface area contributed by atoms with Crippen molar-refractivity contribution < 1.29 is 19.2 Å². The van der Waals surface area contributed by atoms with Crippen molar-refractivity contribution in [2.75, 3.05) is 11.9 Å². The molecule has 0 spiro atoms. The first kappa shape index (κ1) is 23.1. The fraction of sp³-hybridized carbons (Fsp3) is 0.0909. The van der Waals surface area contributed by atoms with Crippen LogP contribution in [0.1, 0.15) is 12.5 Å². The molecule has 0 atom stereocenters. The molecule has 0 aliphatic rings. The largest absolute Gasteiger partial charge is 0.477 e. The first-order valence-corrected chi connectivity index (χ1v) is 10.1. The van der Waals surface area contributed by atoms with E-state index >= 15 is 0 Å². The average molecular weight is 474 g/mol. The molecule has 164 valence electrons. The molecule has 10 heteroatoms. The third kappa shape index (κ3) is 5.96. The highest BCUT2D eigenvalue weighted by Crippen LogP contribution is 2.32. The Hall–Kier alpha value is -3.62. The fourth-order valence-electron chi connectivity index (χ4n) is 2.61. The summed E-state index contributed by atoms with van der Waals surface area (Å²) >= 11 is 12.4. The van der Waals surface area contributed by atoms with Gasteiger partial charge in [0.1, 0.15) is 11.5 Å². The van der Waals surface area contributed by atoms with Crippen LogP contribution < -0.4 is 10.1 Å². The molecular formula is C22H17Cl2N3O5. The number of carbonyl (C=O) groups excluding carboxylic acids is 1. The predicted octanol–water partition coefficient (Wildman–Crippen LogP) is 6.71. The number of non-ortho nitro benzene ring substituents is 1. The SMILES string of the molecule is CCOC(=NC(=O)Nc1ccc(Oc2ccc([N+](=O)[O-])cc2)c(Cl)c1)c1ccccc1Cl. The van der Waals surface area contributed by atoms with Gasteiger partial charge in [-0.2, -0.15) is 4.99 Å². The lowest BCUT2D eigenvalue weighted by atomic mass is 10.2. The number of hydrogen-bond donors (Lipinski definition) is 1. The van der Waals surface area contributed by atoms with Crippen molar-refractivity contribution in [2.24, 2.45) is 4.99 Å². The van der Waals surface area contributed by atoms with Crippen LogP contribution in [0.15, 0.2) is 71.7 Å². The van der Waals surface area contributed by atoms with Crippen molar-refractivity contribution in [3.05, 3.63) is 92.5 Å². The second kappa shape index (κ2) is 10.6. The normalized spacial score (nSPS) is 11.0. The monoisotopic (exact) mass is 473 g/mol. The molecule has 0 saturated carbocycles. The molecule has 0 unspecified atom stereocenters. The number of nitrogens with one attached hydrogen (secondary N) is 1. The molecule has 3 rings (SSSR count). The van der Waals surface area contributed by atoms with Gasteiger partial charge in [-0.3, -0.25) is 10.1 Å². The highest BCUT2D eigenvalue weighted by molar-refractivity contribution is 6.34. The number of aliphatic imine (C=N–C) groups is 1. The molecule has 0 bridgehead atoms. The van der Waals surface area contributed by atoms with E-state index in [1.54, 1.807) is 43.3 Å². The van der Waals surface area contributed by atoms with Crippen LogP contribution in [0.3, 0.4) is 0 Å². The Bertz CT molecular complexity index is 1170. The Kier molecular flexibility index (Phi) is 7.64. The van der Waals surface area contributed by atoms with Crippen LogP contribution in [-0.2, 0) is 4.74 Å². The zero-order chi connectivity index (χ0) is 23.1. The summed E-state index contributed by atoms with van der Waals surface area (Å²) in [6.07, 6.45) is 0. The van der Waals surface area contributed by atoms with Gasteiger partial charge < -0.3 is 14.8 Å². The molecule has 0 radical (unpaired) electrons. The number of nitro groups is 1. The third-order valence-electron chi connectivity index (χ3n) is 4.05. The summed E-state index contributed by atoms with van der Waals surface area (Å²) in [6, 6.07) is 16.4. The smallest absolute Gasteiger partial charge is 0.348 e. The molecule has 0 aromatic heterocycles. The highest BCUT2D eigenvalue weighted by atomic mass is 35.5. The number of hydrogen-bond acceptors (Lipinski definition) is 5. The van der Waals surface area contributed by atoms with E-state index in [0.717, 1.165) is 0 Å². The van der Waals surface area contributed by atoms with Crippen LogP contribution in [0.4, 0.5) is 16.2 Å². The summed E-state index contributed by atoms with van der Waals surface area (Å²) in [5.41, 5.74) is 0.830. The Labute approximate surface area is 193 Å². The van der Waals surface area contributed by atoms with Gasteiger partial charge in [0.05, 0.1) is 27.1 Å². The average Bonchev–Trinajstić information content (AvgIpc) is 2.76. The Morgan fingerprint density at radius 1 is 1.06 bits per heavy atom. The molecule has 1 N–H and O–H groups in total. The van der Waals surface area contributed by atoms with E-state index in [9.17, 15) is 14.9 Å². The van der Waals surface area contributed by atoms with Crippen LogP contribution in [0.2, 0.25) is 10.0 Å². The molecule has 2 amide bonds. The van der Waals surface area contributed by atoms with Crippen molar-refractivity contribution >= 4 is 46.5 Å². The van der Waals surface area contributed by atoms with E-state index in [1.807, 2.05) is 0 Å². The molecule has 0 heterocycles. The fourth-order valence-corrected chi connectivity index (χ4v) is 3.05. The maximum absolute atomic E-state index is 12.4. The van der Waals surface area contributed by atoms with Gasteiger partial charge in [-0.25, -0.2) is 4.79 Å². The summed E-state index contributed by atoms with van der Waals surface area (Å²) < 4.78 is 11.1. The standard InChI is InChI=1S/C22H17Cl2N3O5/c1-2-31-21(17-5-3-4-6-18(17)23)26-22(28)25-14-7-12-20(19(24)13-14)32-16-10-8-15(9-11-16)27(29)30/h3-13H,2H2,1H3,(H,25,28). The number of amides is 2. The minimum absolute atomic E-state index is 0.0507. The van der Waals surface area contributed by atoms with Gasteiger partial charge in [0.2, 0.25) is 5.90 Å². The number of benzene rings is 3. The number of carbonyl (C=O) groups is 1. The summed E-state index contributed by atoms with van der Waals surface area (Å²) in [5.74, 6) is 0.785. The quantitative estimate of drug-likeness (QED) is 0.185. The third-order valence-corrected chi connectivity index (χ3v) is 4.67. The minimum atomic E-state index is -0.673. The second-order valence-electron chi connectivity index (χ2n) is 6.26. The molecule has 0 saturated heterocycles. The number of halogens is 2. The number of nitrogens with zero attached hydrogens (tertiary/aromatic N) is 2. The van der Waals surface area contributed by atoms with Gasteiger partial charge in [0, 0.05) is 17.8 Å². The number of urea groups is 1. The maximum Gasteiger partial charge on any atom is 0.348 e. The van der Waals surface area contributed by atoms with Crippen LogP contribution in [0.25, 0.3) is 0 Å². The topological polar surface area (TPSA) is 103 Å². The van der Waals surface area contributed by atoms with Crippen LogP contribution in [0.5, 0.6) is 11.5 Å². The van der Waals surface area contributed by atoms with E-state index in [0.29, 0.717) is 34.4 Å². The molecular weight excluding hydrogens is 457 g/mol. The van der Waals surface area contributed by atoms with Crippen LogP contribution in [-0.4, -0.2) is 23.5 Å². The Morgan fingerprint density at radius 2 is 1.78 bits per heavy atom. The van der Waals surface area contributed by atoms with E-state index in [1.165, 1.54) is 30.3 Å². The zero-order valence-electron chi connectivity index (χ0n) is 16.7. The molecule has 0 fully saturated rings. The summed E-state index contributed by atoms with van der Waals surface area (Å²) in [5, 5.41) is 14.0. The van der Waals surface area contributed by atoms with Crippen molar-refractivity contribution in [1.82, 2.24) is 0 Å². The summed E-state index contributed by atoms with van der Waals surface area (Å²) in [7, 11) is 0. The number of rotatable bonds is 6. The zero-order valence-corrected chi connectivity index (χ0v) is 18.3. The molecule has 0 aliphatic heterocycles. The Balaban J connectivity index is 1.72. The Morgan fingerprint density at radius 3 is 2.41 bits per heavy atom. The highest BCUT2D eigenvalue weighted by Gasteiger charge is 2.13. The van der Waals surface area contributed by atoms with Crippen molar-refractivity contribution in [2.45, 2.75) is 6.92 Å². The van der Waals surface area contributed by atoms with Gasteiger partial charge >= 0.3 is 6.03 Å². The molecule has 3 aromatic rings. The lowest BCUT2D eigenvalue weighted by Gasteiger charge is -2.11. The number of ether oxygens (including phenoxy) is 2. The number of nitro benzene ring substituents is 1. The predicted molar refractivity (Wildman–Crippen MR) is 123 cm³/mol. The van der Waals surface area contributed by atoms with Crippen molar-refractivity contribution in [3.8, 4) is 11.5 Å². The van der Waals surface area contributed by atoms with Crippen molar-refractivity contribution in [1.29, 1.82) is 0 Å². The molecule has 0 aliphatic carbocycles. The van der Waals surface area contributed by atoms with Gasteiger partial charge in [0.15, 0.2) is 0 Å². The van der Waals surface area contributed by atoms with Gasteiger partial charge in [-0.15, -0.1) is 0 Å². The second-order valence-corrected chi connectivity index (χ2v) is 7.07. The van der Waals surface area contributed by atoms with E-state index in [4.69, 9.17) is 32.7 Å². The minimum Gasteiger partial charge on any atom is -0.477 e. The van der Waals surface area contributed by atoms with E-state index in [2.05, 4.69) is 10.3 Å². The van der Waals surface area contributed by atoms with E-state index < -0.39 is 11.0 Å². The molecule has 8 nitrogen and oxygen atoms in total. The van der Waals surface area contributed by atoms with E-state index in [-0.39, 0.29) is 16.6 Å².